The van der Waals surface area contributed by atoms with E-state index >= 15 is 0 Å². The van der Waals surface area contributed by atoms with E-state index in [1.54, 1.807) is 31.4 Å². The highest BCUT2D eigenvalue weighted by atomic mass is 19.1. The fraction of sp³-hybridized carbons (Fsp3) is 0.190. The van der Waals surface area contributed by atoms with Crippen molar-refractivity contribution in [2.24, 2.45) is 0 Å². The predicted molar refractivity (Wildman–Crippen MR) is 105 cm³/mol. The van der Waals surface area contributed by atoms with Gasteiger partial charge in [0.2, 0.25) is 0 Å². The summed E-state index contributed by atoms with van der Waals surface area (Å²) in [6, 6.07) is 15.2. The number of amides is 1. The van der Waals surface area contributed by atoms with Gasteiger partial charge in [0.15, 0.2) is 11.5 Å². The molecule has 3 aromatic rings. The van der Waals surface area contributed by atoms with E-state index in [0.29, 0.717) is 24.5 Å². The molecule has 0 aliphatic heterocycles. The first-order valence-electron chi connectivity index (χ1n) is 8.83. The predicted octanol–water partition coefficient (Wildman–Crippen LogP) is 3.65. The smallest absolute Gasteiger partial charge is 0.271 e. The lowest BCUT2D eigenvalue weighted by Gasteiger charge is -2.11. The Kier molecular flexibility index (Phi) is 6.16. The molecule has 1 amide bonds. The number of benzene rings is 2. The molecule has 3 rings (SSSR count). The molecule has 0 saturated heterocycles. The second-order valence-electron chi connectivity index (χ2n) is 6.26. The normalized spacial score (nSPS) is 10.4. The second-order valence-corrected chi connectivity index (χ2v) is 6.26. The number of ether oxygens (including phenoxy) is 1. The van der Waals surface area contributed by atoms with Crippen LogP contribution in [-0.4, -0.2) is 29.8 Å². The third-order valence-electron chi connectivity index (χ3n) is 4.13. The molecule has 7 heteroatoms. The van der Waals surface area contributed by atoms with E-state index in [4.69, 9.17) is 4.74 Å². The van der Waals surface area contributed by atoms with Gasteiger partial charge in [-0.05, 0) is 60.9 Å². The quantitative estimate of drug-likeness (QED) is 0.654. The number of hydrogen-bond acceptors (Lipinski definition) is 5. The molecule has 0 unspecified atom stereocenters. The van der Waals surface area contributed by atoms with Crippen LogP contribution in [0.4, 0.5) is 15.9 Å². The average Bonchev–Trinajstić information content (AvgIpc) is 2.70. The fourth-order valence-electron chi connectivity index (χ4n) is 2.64. The van der Waals surface area contributed by atoms with Crippen molar-refractivity contribution in [2.75, 3.05) is 19.0 Å². The molecule has 0 aliphatic rings. The third kappa shape index (κ3) is 5.03. The van der Waals surface area contributed by atoms with Gasteiger partial charge in [-0.25, -0.2) is 4.39 Å². The summed E-state index contributed by atoms with van der Waals surface area (Å²) in [6.07, 6.45) is 0.603. The van der Waals surface area contributed by atoms with Crippen molar-refractivity contribution in [2.45, 2.75) is 13.3 Å². The van der Waals surface area contributed by atoms with Crippen LogP contribution in [0.1, 0.15) is 21.6 Å². The van der Waals surface area contributed by atoms with E-state index in [1.165, 1.54) is 12.1 Å². The Balaban J connectivity index is 1.57. The Hall–Kier alpha value is -3.48. The summed E-state index contributed by atoms with van der Waals surface area (Å²) in [7, 11) is 1.60. The van der Waals surface area contributed by atoms with Crippen molar-refractivity contribution in [3.05, 3.63) is 77.2 Å². The number of carbonyl (C=O) groups excluding carboxylic acids is 1. The largest absolute Gasteiger partial charge is 0.495 e. The van der Waals surface area contributed by atoms with Crippen LogP contribution in [0.5, 0.6) is 5.75 Å². The number of rotatable bonds is 7. The van der Waals surface area contributed by atoms with Crippen molar-refractivity contribution < 1.29 is 13.9 Å². The molecule has 0 spiro atoms. The first-order valence-corrected chi connectivity index (χ1v) is 8.83. The highest BCUT2D eigenvalue weighted by Gasteiger charge is 2.09. The minimum Gasteiger partial charge on any atom is -0.495 e. The van der Waals surface area contributed by atoms with Gasteiger partial charge < -0.3 is 15.4 Å². The van der Waals surface area contributed by atoms with E-state index in [9.17, 15) is 9.18 Å². The SMILES string of the molecule is COc1ccc(C)cc1Nc1ccc(C(=O)NCCc2ccc(F)cc2)nn1. The van der Waals surface area contributed by atoms with Gasteiger partial charge in [-0.1, -0.05) is 18.2 Å². The highest BCUT2D eigenvalue weighted by molar-refractivity contribution is 5.92. The van der Waals surface area contributed by atoms with Gasteiger partial charge in [0.1, 0.15) is 11.6 Å². The Morgan fingerprint density at radius 3 is 2.54 bits per heavy atom. The summed E-state index contributed by atoms with van der Waals surface area (Å²) in [5, 5.41) is 14.0. The Morgan fingerprint density at radius 1 is 1.07 bits per heavy atom. The zero-order valence-corrected chi connectivity index (χ0v) is 15.7. The Morgan fingerprint density at radius 2 is 1.86 bits per heavy atom. The van der Waals surface area contributed by atoms with E-state index in [-0.39, 0.29) is 17.4 Å². The maximum absolute atomic E-state index is 12.9. The summed E-state index contributed by atoms with van der Waals surface area (Å²) in [6.45, 7) is 2.41. The topological polar surface area (TPSA) is 76.1 Å². The van der Waals surface area contributed by atoms with Crippen molar-refractivity contribution in [1.29, 1.82) is 0 Å². The molecule has 2 aromatic carbocycles. The lowest BCUT2D eigenvalue weighted by atomic mass is 10.1. The molecule has 0 atom stereocenters. The summed E-state index contributed by atoms with van der Waals surface area (Å²) in [5.41, 5.74) is 3.02. The van der Waals surface area contributed by atoms with Gasteiger partial charge in [-0.3, -0.25) is 4.79 Å². The molecule has 6 nitrogen and oxygen atoms in total. The van der Waals surface area contributed by atoms with Crippen molar-refractivity contribution in [1.82, 2.24) is 15.5 Å². The maximum atomic E-state index is 12.9. The van der Waals surface area contributed by atoms with E-state index in [2.05, 4.69) is 20.8 Å². The maximum Gasteiger partial charge on any atom is 0.271 e. The second kappa shape index (κ2) is 8.94. The van der Waals surface area contributed by atoms with E-state index in [1.807, 2.05) is 25.1 Å². The lowest BCUT2D eigenvalue weighted by Crippen LogP contribution is -2.26. The first kappa shape index (κ1) is 19.3. The molecule has 1 aromatic heterocycles. The molecular weight excluding hydrogens is 359 g/mol. The lowest BCUT2D eigenvalue weighted by molar-refractivity contribution is 0.0948. The van der Waals surface area contributed by atoms with Crippen LogP contribution in [0.15, 0.2) is 54.6 Å². The van der Waals surface area contributed by atoms with Crippen LogP contribution in [0.25, 0.3) is 0 Å². The summed E-state index contributed by atoms with van der Waals surface area (Å²) in [5.74, 6) is 0.608. The number of methoxy groups -OCH3 is 1. The Bertz CT molecular complexity index is 944. The van der Waals surface area contributed by atoms with Gasteiger partial charge >= 0.3 is 0 Å². The van der Waals surface area contributed by atoms with Crippen LogP contribution < -0.4 is 15.4 Å². The minimum absolute atomic E-state index is 0.223. The fourth-order valence-corrected chi connectivity index (χ4v) is 2.64. The molecule has 2 N–H and O–H groups in total. The molecule has 1 heterocycles. The number of aromatic nitrogens is 2. The number of anilines is 2. The number of nitrogens with zero attached hydrogens (tertiary/aromatic N) is 2. The highest BCUT2D eigenvalue weighted by Crippen LogP contribution is 2.27. The molecule has 144 valence electrons. The number of nitrogens with one attached hydrogen (secondary N) is 2. The Labute approximate surface area is 162 Å². The van der Waals surface area contributed by atoms with Crippen molar-refractivity contribution >= 4 is 17.4 Å². The van der Waals surface area contributed by atoms with Gasteiger partial charge in [0.05, 0.1) is 12.8 Å². The molecular formula is C21H21FN4O2. The zero-order valence-electron chi connectivity index (χ0n) is 15.7. The van der Waals surface area contributed by atoms with Crippen molar-refractivity contribution in [3.63, 3.8) is 0 Å². The van der Waals surface area contributed by atoms with Gasteiger partial charge in [0.25, 0.3) is 5.91 Å². The molecule has 28 heavy (non-hydrogen) atoms. The minimum atomic E-state index is -0.311. The molecule has 0 bridgehead atoms. The standard InChI is InChI=1S/C21H21FN4O2/c1-14-3-9-19(28-2)18(13-14)24-20-10-8-17(25-26-20)21(27)23-12-11-15-4-6-16(22)7-5-15/h3-10,13H,11-12H2,1-2H3,(H,23,27)(H,24,26). The van der Waals surface area contributed by atoms with Crippen LogP contribution in [0.2, 0.25) is 0 Å². The summed E-state index contributed by atoms with van der Waals surface area (Å²) in [4.78, 5) is 12.2. The van der Waals surface area contributed by atoms with Crippen molar-refractivity contribution in [3.8, 4) is 5.75 Å². The summed E-state index contributed by atoms with van der Waals surface area (Å²) < 4.78 is 18.2. The van der Waals surface area contributed by atoms with Gasteiger partial charge in [0, 0.05) is 6.54 Å². The molecule has 0 radical (unpaired) electrons. The van der Waals surface area contributed by atoms with E-state index in [0.717, 1.165) is 16.8 Å². The number of aryl methyl sites for hydroxylation is 1. The average molecular weight is 380 g/mol. The van der Waals surface area contributed by atoms with Gasteiger partial charge in [-0.2, -0.15) is 0 Å². The van der Waals surface area contributed by atoms with Crippen LogP contribution in [0.3, 0.4) is 0 Å². The summed E-state index contributed by atoms with van der Waals surface area (Å²) >= 11 is 0. The third-order valence-corrected chi connectivity index (χ3v) is 4.13. The number of carbonyl (C=O) groups is 1. The molecule has 0 aliphatic carbocycles. The van der Waals surface area contributed by atoms with Crippen LogP contribution in [0, 0.1) is 12.7 Å². The van der Waals surface area contributed by atoms with Crippen LogP contribution >= 0.6 is 0 Å². The molecule has 0 saturated carbocycles. The number of hydrogen-bond donors (Lipinski definition) is 2. The van der Waals surface area contributed by atoms with E-state index < -0.39 is 0 Å². The molecule has 0 fully saturated rings. The first-order chi connectivity index (χ1) is 13.5. The monoisotopic (exact) mass is 380 g/mol. The number of halogens is 1. The van der Waals surface area contributed by atoms with Crippen LogP contribution in [-0.2, 0) is 6.42 Å². The zero-order chi connectivity index (χ0) is 19.9. The van der Waals surface area contributed by atoms with Gasteiger partial charge in [-0.15, -0.1) is 10.2 Å².